The third-order valence-corrected chi connectivity index (χ3v) is 4.94. The third kappa shape index (κ3) is 5.11. The Hall–Kier alpha value is -2.31. The van der Waals surface area contributed by atoms with Crippen LogP contribution in [0.25, 0.3) is 0 Å². The van der Waals surface area contributed by atoms with Crippen molar-refractivity contribution in [2.45, 2.75) is 18.9 Å². The first kappa shape index (κ1) is 19.5. The summed E-state index contributed by atoms with van der Waals surface area (Å²) < 4.78 is 10.2. The Labute approximate surface area is 166 Å². The van der Waals surface area contributed by atoms with Crippen LogP contribution in [0.15, 0.2) is 36.5 Å². The minimum absolute atomic E-state index is 0.0951. The second kappa shape index (κ2) is 8.59. The van der Waals surface area contributed by atoms with Crippen molar-refractivity contribution in [3.8, 4) is 5.75 Å². The fourth-order valence-corrected chi connectivity index (χ4v) is 2.95. The van der Waals surface area contributed by atoms with Crippen LogP contribution in [0.2, 0.25) is 10.2 Å². The molecule has 0 aliphatic heterocycles. The molecule has 27 heavy (non-hydrogen) atoms. The van der Waals surface area contributed by atoms with Gasteiger partial charge in [0.05, 0.1) is 23.7 Å². The number of aromatic nitrogens is 1. The largest absolute Gasteiger partial charge is 0.497 e. The van der Waals surface area contributed by atoms with Crippen molar-refractivity contribution < 1.29 is 19.1 Å². The Morgan fingerprint density at radius 3 is 2.56 bits per heavy atom. The van der Waals surface area contributed by atoms with Gasteiger partial charge >= 0.3 is 5.97 Å². The summed E-state index contributed by atoms with van der Waals surface area (Å²) in [7, 11) is 1.60. The molecule has 1 aromatic heterocycles. The number of hydrogen-bond donors (Lipinski definition) is 1. The van der Waals surface area contributed by atoms with Gasteiger partial charge in [-0.05, 0) is 42.5 Å². The molecule has 1 saturated carbocycles. The molecule has 8 heteroatoms. The van der Waals surface area contributed by atoms with E-state index in [4.69, 9.17) is 32.7 Å². The summed E-state index contributed by atoms with van der Waals surface area (Å²) in [5.74, 6) is 0.0776. The third-order valence-electron chi connectivity index (χ3n) is 4.25. The molecule has 0 spiro atoms. The zero-order chi connectivity index (χ0) is 19.4. The first-order valence-corrected chi connectivity index (χ1v) is 9.15. The average Bonchev–Trinajstić information content (AvgIpc) is 3.51. The molecule has 0 saturated heterocycles. The van der Waals surface area contributed by atoms with Crippen LogP contribution in [0.3, 0.4) is 0 Å². The lowest BCUT2D eigenvalue weighted by molar-refractivity contribution is -0.125. The lowest BCUT2D eigenvalue weighted by atomic mass is 10.0. The second-order valence-electron chi connectivity index (χ2n) is 6.23. The summed E-state index contributed by atoms with van der Waals surface area (Å²) in [6.45, 7) is -0.390. The zero-order valence-corrected chi connectivity index (χ0v) is 16.1. The van der Waals surface area contributed by atoms with Crippen LogP contribution in [0, 0.1) is 5.92 Å². The lowest BCUT2D eigenvalue weighted by Crippen LogP contribution is -2.33. The van der Waals surface area contributed by atoms with E-state index in [2.05, 4.69) is 10.3 Å². The van der Waals surface area contributed by atoms with E-state index in [-0.39, 0.29) is 27.7 Å². The minimum atomic E-state index is -0.691. The number of carbonyl (C=O) groups excluding carboxylic acids is 2. The van der Waals surface area contributed by atoms with Crippen molar-refractivity contribution in [1.29, 1.82) is 0 Å². The molecule has 0 radical (unpaired) electrons. The van der Waals surface area contributed by atoms with Gasteiger partial charge in [0.15, 0.2) is 6.61 Å². The summed E-state index contributed by atoms with van der Waals surface area (Å²) in [6, 6.07) is 8.79. The fourth-order valence-electron chi connectivity index (χ4n) is 2.68. The molecule has 1 aromatic carbocycles. The number of pyridine rings is 1. The number of methoxy groups -OCH3 is 1. The summed E-state index contributed by atoms with van der Waals surface area (Å²) in [5.41, 5.74) is 1.12. The van der Waals surface area contributed by atoms with Crippen molar-refractivity contribution in [3.63, 3.8) is 0 Å². The highest BCUT2D eigenvalue weighted by molar-refractivity contribution is 6.41. The highest BCUT2D eigenvalue weighted by atomic mass is 35.5. The molecule has 1 amide bonds. The van der Waals surface area contributed by atoms with Gasteiger partial charge in [0, 0.05) is 6.20 Å². The maximum absolute atomic E-state index is 12.3. The van der Waals surface area contributed by atoms with Crippen molar-refractivity contribution in [3.05, 3.63) is 57.8 Å². The molecule has 0 bridgehead atoms. The van der Waals surface area contributed by atoms with Gasteiger partial charge < -0.3 is 14.8 Å². The van der Waals surface area contributed by atoms with Crippen LogP contribution < -0.4 is 10.1 Å². The number of amides is 1. The number of hydrogen-bond acceptors (Lipinski definition) is 5. The number of carbonyl (C=O) groups is 2. The quantitative estimate of drug-likeness (QED) is 0.556. The number of halogens is 2. The molecule has 1 atom stereocenters. The molecule has 1 unspecified atom stereocenters. The molecule has 1 aliphatic rings. The van der Waals surface area contributed by atoms with E-state index >= 15 is 0 Å². The first-order chi connectivity index (χ1) is 13.0. The van der Waals surface area contributed by atoms with Crippen molar-refractivity contribution in [2.75, 3.05) is 13.7 Å². The van der Waals surface area contributed by atoms with Gasteiger partial charge in [-0.2, -0.15) is 0 Å². The predicted octanol–water partition coefficient (Wildman–Crippen LogP) is 3.82. The number of esters is 1. The van der Waals surface area contributed by atoms with Crippen LogP contribution >= 0.6 is 23.2 Å². The van der Waals surface area contributed by atoms with Crippen molar-refractivity contribution in [2.24, 2.45) is 5.92 Å². The van der Waals surface area contributed by atoms with E-state index < -0.39 is 12.6 Å². The molecular weight excluding hydrogens is 391 g/mol. The Bertz CT molecular complexity index is 838. The van der Waals surface area contributed by atoms with Gasteiger partial charge in [0.1, 0.15) is 10.9 Å². The summed E-state index contributed by atoms with van der Waals surface area (Å²) in [5, 5.41) is 3.18. The zero-order valence-electron chi connectivity index (χ0n) is 14.6. The number of benzene rings is 1. The average molecular weight is 409 g/mol. The Morgan fingerprint density at radius 2 is 1.96 bits per heavy atom. The molecule has 2 aromatic rings. The molecule has 3 rings (SSSR count). The highest BCUT2D eigenvalue weighted by Crippen LogP contribution is 2.41. The molecule has 1 fully saturated rings. The predicted molar refractivity (Wildman–Crippen MR) is 101 cm³/mol. The molecule has 142 valence electrons. The van der Waals surface area contributed by atoms with Crippen LogP contribution in [-0.4, -0.2) is 30.6 Å². The van der Waals surface area contributed by atoms with E-state index in [1.165, 1.54) is 12.3 Å². The number of nitrogens with one attached hydrogen (secondary N) is 1. The second-order valence-corrected chi connectivity index (χ2v) is 6.99. The van der Waals surface area contributed by atoms with E-state index in [0.29, 0.717) is 5.92 Å². The first-order valence-electron chi connectivity index (χ1n) is 8.39. The van der Waals surface area contributed by atoms with Gasteiger partial charge in [0.25, 0.3) is 5.91 Å². The van der Waals surface area contributed by atoms with Gasteiger partial charge in [-0.1, -0.05) is 35.3 Å². The van der Waals surface area contributed by atoms with Gasteiger partial charge in [-0.25, -0.2) is 9.78 Å². The summed E-state index contributed by atoms with van der Waals surface area (Å²) >= 11 is 11.5. The molecular formula is C19H18Cl2N2O4. The topological polar surface area (TPSA) is 77.5 Å². The Morgan fingerprint density at radius 1 is 1.26 bits per heavy atom. The lowest BCUT2D eigenvalue weighted by Gasteiger charge is -2.19. The van der Waals surface area contributed by atoms with Crippen molar-refractivity contribution in [1.82, 2.24) is 10.3 Å². The maximum atomic E-state index is 12.3. The minimum Gasteiger partial charge on any atom is -0.497 e. The molecule has 1 N–H and O–H groups in total. The van der Waals surface area contributed by atoms with E-state index in [1.807, 2.05) is 24.3 Å². The van der Waals surface area contributed by atoms with Gasteiger partial charge in [0.2, 0.25) is 0 Å². The normalized spacial score (nSPS) is 14.3. The van der Waals surface area contributed by atoms with Gasteiger partial charge in [-0.15, -0.1) is 0 Å². The standard InChI is InChI=1S/C19H18Cl2N2O4/c1-26-14-6-4-12(5-7-14)17(11-2-3-11)23-16(24)10-27-19(25)13-8-15(20)18(21)22-9-13/h4-9,11,17H,2-3,10H2,1H3,(H,23,24). The van der Waals surface area contributed by atoms with E-state index in [1.54, 1.807) is 7.11 Å². The molecule has 6 nitrogen and oxygen atoms in total. The monoisotopic (exact) mass is 408 g/mol. The Kier molecular flexibility index (Phi) is 6.19. The van der Waals surface area contributed by atoms with Gasteiger partial charge in [-0.3, -0.25) is 4.79 Å². The molecule has 1 aliphatic carbocycles. The number of rotatable bonds is 7. The number of ether oxygens (including phenoxy) is 2. The highest BCUT2D eigenvalue weighted by Gasteiger charge is 2.33. The van der Waals surface area contributed by atoms with E-state index in [0.717, 1.165) is 24.2 Å². The Balaban J connectivity index is 1.57. The van der Waals surface area contributed by atoms with Crippen LogP contribution in [0.4, 0.5) is 0 Å². The molecule has 1 heterocycles. The van der Waals surface area contributed by atoms with E-state index in [9.17, 15) is 9.59 Å². The summed E-state index contributed by atoms with van der Waals surface area (Å²) in [6.07, 6.45) is 3.34. The smallest absolute Gasteiger partial charge is 0.340 e. The van der Waals surface area contributed by atoms with Crippen LogP contribution in [-0.2, 0) is 9.53 Å². The van der Waals surface area contributed by atoms with Crippen LogP contribution in [0.5, 0.6) is 5.75 Å². The summed E-state index contributed by atoms with van der Waals surface area (Å²) in [4.78, 5) is 28.1. The SMILES string of the molecule is COc1ccc(C(NC(=O)COC(=O)c2cnc(Cl)c(Cl)c2)C2CC2)cc1. The maximum Gasteiger partial charge on any atom is 0.340 e. The van der Waals surface area contributed by atoms with Crippen LogP contribution in [0.1, 0.15) is 34.8 Å². The van der Waals surface area contributed by atoms with Crippen molar-refractivity contribution >= 4 is 35.1 Å². The fraction of sp³-hybridized carbons (Fsp3) is 0.316. The number of nitrogens with zero attached hydrogens (tertiary/aromatic N) is 1.